The lowest BCUT2D eigenvalue weighted by Gasteiger charge is -2.22. The van der Waals surface area contributed by atoms with E-state index in [-0.39, 0.29) is 11.6 Å². The van der Waals surface area contributed by atoms with E-state index in [0.717, 1.165) is 13.1 Å². The third-order valence-electron chi connectivity index (χ3n) is 4.75. The second-order valence-corrected chi connectivity index (χ2v) is 6.66. The highest BCUT2D eigenvalue weighted by molar-refractivity contribution is 6.04. The first-order valence-electron chi connectivity index (χ1n) is 8.96. The minimum Gasteiger partial charge on any atom is -0.372 e. The number of hydrogen-bond acceptors (Lipinski definition) is 4. The SMILES string of the molecule is Cc1cc(C(=O)Nc2ccc(N3CCCCCC3)cc2)ccc1[N+](=O)[O-]. The van der Waals surface area contributed by atoms with Crippen LogP contribution < -0.4 is 10.2 Å². The number of carbonyl (C=O) groups excluding carboxylic acids is 1. The number of anilines is 2. The third-order valence-corrected chi connectivity index (χ3v) is 4.75. The van der Waals surface area contributed by atoms with Crippen molar-refractivity contribution in [2.24, 2.45) is 0 Å². The lowest BCUT2D eigenvalue weighted by Crippen LogP contribution is -2.23. The number of nitro benzene ring substituents is 1. The van der Waals surface area contributed by atoms with Crippen LogP contribution >= 0.6 is 0 Å². The number of aryl methyl sites for hydroxylation is 1. The van der Waals surface area contributed by atoms with Crippen molar-refractivity contribution in [3.05, 3.63) is 63.7 Å². The molecule has 136 valence electrons. The number of hydrogen-bond donors (Lipinski definition) is 1. The van der Waals surface area contributed by atoms with E-state index in [0.29, 0.717) is 16.8 Å². The second-order valence-electron chi connectivity index (χ2n) is 6.66. The van der Waals surface area contributed by atoms with Gasteiger partial charge in [-0.2, -0.15) is 0 Å². The van der Waals surface area contributed by atoms with E-state index in [2.05, 4.69) is 10.2 Å². The number of nitrogens with one attached hydrogen (secondary N) is 1. The van der Waals surface area contributed by atoms with E-state index in [4.69, 9.17) is 0 Å². The van der Waals surface area contributed by atoms with Gasteiger partial charge in [0.2, 0.25) is 0 Å². The van der Waals surface area contributed by atoms with Gasteiger partial charge >= 0.3 is 0 Å². The first-order chi connectivity index (χ1) is 12.5. The maximum atomic E-state index is 12.4. The van der Waals surface area contributed by atoms with Crippen molar-refractivity contribution in [3.8, 4) is 0 Å². The zero-order chi connectivity index (χ0) is 18.5. The van der Waals surface area contributed by atoms with Crippen LogP contribution in [0.2, 0.25) is 0 Å². The molecule has 6 nitrogen and oxygen atoms in total. The Balaban J connectivity index is 1.67. The predicted molar refractivity (Wildman–Crippen MR) is 103 cm³/mol. The molecule has 0 radical (unpaired) electrons. The molecule has 0 saturated carbocycles. The molecule has 2 aromatic carbocycles. The van der Waals surface area contributed by atoms with Gasteiger partial charge in [-0.05, 0) is 56.2 Å². The van der Waals surface area contributed by atoms with Crippen molar-refractivity contribution in [2.75, 3.05) is 23.3 Å². The largest absolute Gasteiger partial charge is 0.372 e. The molecule has 6 heteroatoms. The Morgan fingerprint density at radius 3 is 2.27 bits per heavy atom. The van der Waals surface area contributed by atoms with Crippen LogP contribution in [-0.4, -0.2) is 23.9 Å². The molecule has 0 unspecified atom stereocenters. The fourth-order valence-corrected chi connectivity index (χ4v) is 3.29. The van der Waals surface area contributed by atoms with E-state index in [1.165, 1.54) is 43.5 Å². The van der Waals surface area contributed by atoms with Crippen LogP contribution in [0.15, 0.2) is 42.5 Å². The molecule has 26 heavy (non-hydrogen) atoms. The van der Waals surface area contributed by atoms with Crippen LogP contribution in [-0.2, 0) is 0 Å². The Labute approximate surface area is 153 Å². The molecule has 1 fully saturated rings. The maximum absolute atomic E-state index is 12.4. The Kier molecular flexibility index (Phi) is 5.51. The summed E-state index contributed by atoms with van der Waals surface area (Å²) in [5.74, 6) is -0.273. The molecule has 1 amide bonds. The monoisotopic (exact) mass is 353 g/mol. The molecule has 3 rings (SSSR count). The number of rotatable bonds is 4. The van der Waals surface area contributed by atoms with Crippen molar-refractivity contribution in [1.29, 1.82) is 0 Å². The molecule has 1 N–H and O–H groups in total. The molecular weight excluding hydrogens is 330 g/mol. The summed E-state index contributed by atoms with van der Waals surface area (Å²) in [5, 5.41) is 13.7. The van der Waals surface area contributed by atoms with Gasteiger partial charge in [-0.15, -0.1) is 0 Å². The minimum absolute atomic E-state index is 0.0170. The van der Waals surface area contributed by atoms with Crippen LogP contribution in [0.25, 0.3) is 0 Å². The fraction of sp³-hybridized carbons (Fsp3) is 0.350. The third kappa shape index (κ3) is 4.20. The highest BCUT2D eigenvalue weighted by Gasteiger charge is 2.14. The summed E-state index contributed by atoms with van der Waals surface area (Å²) in [6.07, 6.45) is 5.02. The molecule has 0 aliphatic carbocycles. The minimum atomic E-state index is -0.446. The van der Waals surface area contributed by atoms with Crippen molar-refractivity contribution in [1.82, 2.24) is 0 Å². The number of carbonyl (C=O) groups is 1. The normalized spacial score (nSPS) is 14.6. The first-order valence-corrected chi connectivity index (χ1v) is 8.96. The summed E-state index contributed by atoms with van der Waals surface area (Å²) in [6, 6.07) is 12.2. The van der Waals surface area contributed by atoms with E-state index in [1.54, 1.807) is 13.0 Å². The molecule has 1 saturated heterocycles. The van der Waals surface area contributed by atoms with Gasteiger partial charge in [-0.1, -0.05) is 12.8 Å². The molecule has 1 aliphatic rings. The number of amides is 1. The highest BCUT2D eigenvalue weighted by atomic mass is 16.6. The van der Waals surface area contributed by atoms with Crippen LogP contribution in [0, 0.1) is 17.0 Å². The zero-order valence-corrected chi connectivity index (χ0v) is 14.9. The molecule has 0 aromatic heterocycles. The summed E-state index contributed by atoms with van der Waals surface area (Å²) in [6.45, 7) is 3.78. The lowest BCUT2D eigenvalue weighted by atomic mass is 10.1. The number of nitro groups is 1. The van der Waals surface area contributed by atoms with Gasteiger partial charge in [-0.25, -0.2) is 0 Å². The highest BCUT2D eigenvalue weighted by Crippen LogP contribution is 2.23. The van der Waals surface area contributed by atoms with Gasteiger partial charge in [-0.3, -0.25) is 14.9 Å². The van der Waals surface area contributed by atoms with E-state index < -0.39 is 4.92 Å². The van der Waals surface area contributed by atoms with E-state index in [1.807, 2.05) is 24.3 Å². The summed E-state index contributed by atoms with van der Waals surface area (Å²) in [5.41, 5.74) is 2.79. The Morgan fingerprint density at radius 1 is 1.04 bits per heavy atom. The van der Waals surface area contributed by atoms with Crippen LogP contribution in [0.3, 0.4) is 0 Å². The molecular formula is C20H23N3O3. The number of benzene rings is 2. The van der Waals surface area contributed by atoms with Gasteiger partial charge < -0.3 is 10.2 Å². The Morgan fingerprint density at radius 2 is 1.69 bits per heavy atom. The van der Waals surface area contributed by atoms with Gasteiger partial charge in [0.05, 0.1) is 4.92 Å². The Hall–Kier alpha value is -2.89. The summed E-state index contributed by atoms with van der Waals surface area (Å²) in [7, 11) is 0. The van der Waals surface area contributed by atoms with Gasteiger partial charge in [0.1, 0.15) is 0 Å². The summed E-state index contributed by atoms with van der Waals surface area (Å²) < 4.78 is 0. The standard InChI is InChI=1S/C20H23N3O3/c1-15-14-16(6-11-19(15)23(25)26)20(24)21-17-7-9-18(10-8-17)22-12-4-2-3-5-13-22/h6-11,14H,2-5,12-13H2,1H3,(H,21,24). The van der Waals surface area contributed by atoms with Crippen LogP contribution in [0.4, 0.5) is 17.1 Å². The summed E-state index contributed by atoms with van der Waals surface area (Å²) in [4.78, 5) is 25.2. The number of nitrogens with zero attached hydrogens (tertiary/aromatic N) is 2. The van der Waals surface area contributed by atoms with Crippen molar-refractivity contribution < 1.29 is 9.72 Å². The average molecular weight is 353 g/mol. The smallest absolute Gasteiger partial charge is 0.272 e. The second kappa shape index (κ2) is 7.99. The molecule has 0 bridgehead atoms. The van der Waals surface area contributed by atoms with E-state index in [9.17, 15) is 14.9 Å². The summed E-state index contributed by atoms with van der Waals surface area (Å²) >= 11 is 0. The van der Waals surface area contributed by atoms with Crippen molar-refractivity contribution >= 4 is 23.0 Å². The fourth-order valence-electron chi connectivity index (χ4n) is 3.29. The molecule has 0 spiro atoms. The average Bonchev–Trinajstić information content (AvgIpc) is 2.91. The van der Waals surface area contributed by atoms with Gasteiger partial charge in [0, 0.05) is 41.7 Å². The molecule has 1 heterocycles. The quantitative estimate of drug-likeness (QED) is 0.647. The van der Waals surface area contributed by atoms with Gasteiger partial charge in [0.15, 0.2) is 0 Å². The van der Waals surface area contributed by atoms with Gasteiger partial charge in [0.25, 0.3) is 11.6 Å². The predicted octanol–water partition coefficient (Wildman–Crippen LogP) is 4.54. The van der Waals surface area contributed by atoms with Crippen LogP contribution in [0.5, 0.6) is 0 Å². The molecule has 0 atom stereocenters. The van der Waals surface area contributed by atoms with Crippen molar-refractivity contribution in [3.63, 3.8) is 0 Å². The Bertz CT molecular complexity index is 794. The topological polar surface area (TPSA) is 75.5 Å². The first kappa shape index (κ1) is 17.9. The van der Waals surface area contributed by atoms with Crippen LogP contribution in [0.1, 0.15) is 41.6 Å². The maximum Gasteiger partial charge on any atom is 0.272 e. The molecule has 2 aromatic rings. The van der Waals surface area contributed by atoms with Crippen molar-refractivity contribution in [2.45, 2.75) is 32.6 Å². The lowest BCUT2D eigenvalue weighted by molar-refractivity contribution is -0.385. The zero-order valence-electron chi connectivity index (χ0n) is 14.9. The molecule has 1 aliphatic heterocycles. The van der Waals surface area contributed by atoms with E-state index >= 15 is 0 Å².